The Bertz CT molecular complexity index is 304. The van der Waals surface area contributed by atoms with E-state index < -0.39 is 0 Å². The summed E-state index contributed by atoms with van der Waals surface area (Å²) in [5.74, 6) is 0.277. The fourth-order valence-electron chi connectivity index (χ4n) is 1.42. The molecule has 0 aliphatic rings. The Morgan fingerprint density at radius 1 is 1.19 bits per heavy atom. The van der Waals surface area contributed by atoms with Gasteiger partial charge in [0, 0.05) is 5.54 Å². The lowest BCUT2D eigenvalue weighted by Crippen LogP contribution is -2.43. The van der Waals surface area contributed by atoms with E-state index in [0.717, 1.165) is 18.4 Å². The minimum absolute atomic E-state index is 0.211. The van der Waals surface area contributed by atoms with Crippen LogP contribution in [0.25, 0.3) is 0 Å². The molecule has 0 unspecified atom stereocenters. The van der Waals surface area contributed by atoms with Gasteiger partial charge in [0.1, 0.15) is 5.75 Å². The third kappa shape index (κ3) is 3.83. The normalized spacial score (nSPS) is 11.7. The van der Waals surface area contributed by atoms with E-state index in [1.54, 1.807) is 12.1 Å². The number of hydrogen-bond acceptors (Lipinski definition) is 3. The summed E-state index contributed by atoms with van der Waals surface area (Å²) in [7, 11) is 0. The smallest absolute Gasteiger partial charge is 0.115 e. The van der Waals surface area contributed by atoms with E-state index in [-0.39, 0.29) is 11.3 Å². The highest BCUT2D eigenvalue weighted by atomic mass is 16.5. The monoisotopic (exact) mass is 223 g/mol. The van der Waals surface area contributed by atoms with Crippen molar-refractivity contribution >= 4 is 0 Å². The molecule has 1 rings (SSSR count). The first-order chi connectivity index (χ1) is 7.59. The second kappa shape index (κ2) is 5.87. The zero-order valence-corrected chi connectivity index (χ0v) is 10.1. The van der Waals surface area contributed by atoms with Crippen molar-refractivity contribution < 1.29 is 9.84 Å². The Hall–Kier alpha value is -1.06. The van der Waals surface area contributed by atoms with E-state index >= 15 is 0 Å². The highest BCUT2D eigenvalue weighted by molar-refractivity contribution is 5.25. The second-order valence-corrected chi connectivity index (χ2v) is 4.23. The zero-order valence-electron chi connectivity index (χ0n) is 10.1. The number of benzene rings is 1. The molecule has 3 nitrogen and oxygen atoms in total. The van der Waals surface area contributed by atoms with E-state index in [1.807, 2.05) is 12.1 Å². The summed E-state index contributed by atoms with van der Waals surface area (Å²) in [5.41, 5.74) is 6.96. The van der Waals surface area contributed by atoms with E-state index in [1.165, 1.54) is 0 Å². The summed E-state index contributed by atoms with van der Waals surface area (Å²) >= 11 is 0. The Morgan fingerprint density at radius 2 is 1.75 bits per heavy atom. The van der Waals surface area contributed by atoms with Gasteiger partial charge in [-0.1, -0.05) is 26.0 Å². The summed E-state index contributed by atoms with van der Waals surface area (Å²) in [6, 6.07) is 7.03. The molecule has 0 fully saturated rings. The Morgan fingerprint density at radius 3 is 2.25 bits per heavy atom. The van der Waals surface area contributed by atoms with Crippen LogP contribution in [0.2, 0.25) is 0 Å². The highest BCUT2D eigenvalue weighted by Crippen LogP contribution is 2.14. The summed E-state index contributed by atoms with van der Waals surface area (Å²) in [6.45, 7) is 5.26. The largest absolute Gasteiger partial charge is 0.508 e. The molecular formula is C13H21NO2. The average Bonchev–Trinajstić information content (AvgIpc) is 2.31. The maximum atomic E-state index is 9.13. The molecule has 0 atom stereocenters. The molecule has 1 aromatic rings. The maximum Gasteiger partial charge on any atom is 0.115 e. The molecular weight excluding hydrogens is 202 g/mol. The topological polar surface area (TPSA) is 55.5 Å². The van der Waals surface area contributed by atoms with Crippen LogP contribution >= 0.6 is 0 Å². The van der Waals surface area contributed by atoms with Crippen LogP contribution in [0.1, 0.15) is 32.3 Å². The van der Waals surface area contributed by atoms with Gasteiger partial charge < -0.3 is 15.6 Å². The van der Waals surface area contributed by atoms with Crippen LogP contribution in [-0.2, 0) is 11.3 Å². The fourth-order valence-corrected chi connectivity index (χ4v) is 1.42. The first-order valence-corrected chi connectivity index (χ1v) is 5.74. The van der Waals surface area contributed by atoms with Gasteiger partial charge in [-0.2, -0.15) is 0 Å². The van der Waals surface area contributed by atoms with Gasteiger partial charge in [0.2, 0.25) is 0 Å². The minimum Gasteiger partial charge on any atom is -0.508 e. The standard InChI is InChI=1S/C13H21NO2/c1-3-13(14,4-2)10-16-9-11-5-7-12(15)8-6-11/h5-8,15H,3-4,9-10,14H2,1-2H3. The van der Waals surface area contributed by atoms with Gasteiger partial charge in [-0.15, -0.1) is 0 Å². The molecule has 0 aliphatic heterocycles. The highest BCUT2D eigenvalue weighted by Gasteiger charge is 2.19. The van der Waals surface area contributed by atoms with Crippen molar-refractivity contribution in [3.05, 3.63) is 29.8 Å². The van der Waals surface area contributed by atoms with Gasteiger partial charge in [0.25, 0.3) is 0 Å². The number of phenolic OH excluding ortho intramolecular Hbond substituents is 1. The first kappa shape index (κ1) is 13.0. The predicted octanol–water partition coefficient (Wildman–Crippen LogP) is 2.43. The van der Waals surface area contributed by atoms with Gasteiger partial charge in [-0.05, 0) is 30.5 Å². The van der Waals surface area contributed by atoms with Crippen LogP contribution in [0.4, 0.5) is 0 Å². The first-order valence-electron chi connectivity index (χ1n) is 5.74. The van der Waals surface area contributed by atoms with Crippen LogP contribution in [0, 0.1) is 0 Å². The lowest BCUT2D eigenvalue weighted by atomic mass is 9.96. The second-order valence-electron chi connectivity index (χ2n) is 4.23. The average molecular weight is 223 g/mol. The molecule has 0 amide bonds. The van der Waals surface area contributed by atoms with Crippen LogP contribution in [0.5, 0.6) is 5.75 Å². The van der Waals surface area contributed by atoms with E-state index in [2.05, 4.69) is 13.8 Å². The van der Waals surface area contributed by atoms with Crippen molar-refractivity contribution in [3.63, 3.8) is 0 Å². The van der Waals surface area contributed by atoms with Crippen LogP contribution < -0.4 is 5.73 Å². The number of ether oxygens (including phenoxy) is 1. The molecule has 0 saturated carbocycles. The molecule has 0 aliphatic carbocycles. The van der Waals surface area contributed by atoms with E-state index in [4.69, 9.17) is 15.6 Å². The molecule has 0 bridgehead atoms. The van der Waals surface area contributed by atoms with E-state index in [0.29, 0.717) is 13.2 Å². The van der Waals surface area contributed by atoms with Crippen molar-refractivity contribution in [2.75, 3.05) is 6.61 Å². The molecule has 0 radical (unpaired) electrons. The van der Waals surface area contributed by atoms with Crippen molar-refractivity contribution in [2.45, 2.75) is 38.8 Å². The van der Waals surface area contributed by atoms with E-state index in [9.17, 15) is 0 Å². The quantitative estimate of drug-likeness (QED) is 0.778. The molecule has 16 heavy (non-hydrogen) atoms. The summed E-state index contributed by atoms with van der Waals surface area (Å²) < 4.78 is 5.60. The zero-order chi connectivity index (χ0) is 12.0. The molecule has 3 N–H and O–H groups in total. The fraction of sp³-hybridized carbons (Fsp3) is 0.538. The lowest BCUT2D eigenvalue weighted by molar-refractivity contribution is 0.0696. The Balaban J connectivity index is 2.38. The van der Waals surface area contributed by atoms with Crippen molar-refractivity contribution in [2.24, 2.45) is 5.73 Å². The number of phenols is 1. The third-order valence-electron chi connectivity index (χ3n) is 3.00. The Kier molecular flexibility index (Phi) is 4.77. The summed E-state index contributed by atoms with van der Waals surface area (Å²) in [4.78, 5) is 0. The lowest BCUT2D eigenvalue weighted by Gasteiger charge is -2.26. The van der Waals surface area contributed by atoms with Gasteiger partial charge in [-0.25, -0.2) is 0 Å². The van der Waals surface area contributed by atoms with Crippen molar-refractivity contribution in [1.29, 1.82) is 0 Å². The van der Waals surface area contributed by atoms with Crippen molar-refractivity contribution in [1.82, 2.24) is 0 Å². The van der Waals surface area contributed by atoms with Crippen LogP contribution in [-0.4, -0.2) is 17.3 Å². The number of nitrogens with two attached hydrogens (primary N) is 1. The molecule has 3 heteroatoms. The molecule has 0 aromatic heterocycles. The molecule has 0 saturated heterocycles. The van der Waals surface area contributed by atoms with Gasteiger partial charge in [0.05, 0.1) is 13.2 Å². The van der Waals surface area contributed by atoms with Crippen LogP contribution in [0.15, 0.2) is 24.3 Å². The van der Waals surface area contributed by atoms with Crippen LogP contribution in [0.3, 0.4) is 0 Å². The summed E-state index contributed by atoms with van der Waals surface area (Å²) in [6.07, 6.45) is 1.83. The maximum absolute atomic E-state index is 9.13. The molecule has 0 spiro atoms. The predicted molar refractivity (Wildman–Crippen MR) is 65.3 cm³/mol. The van der Waals surface area contributed by atoms with Gasteiger partial charge in [0.15, 0.2) is 0 Å². The Labute approximate surface area is 97.2 Å². The SMILES string of the molecule is CCC(N)(CC)COCc1ccc(O)cc1. The third-order valence-corrected chi connectivity index (χ3v) is 3.00. The molecule has 90 valence electrons. The number of aromatic hydroxyl groups is 1. The number of rotatable bonds is 6. The minimum atomic E-state index is -0.211. The van der Waals surface area contributed by atoms with Gasteiger partial charge in [-0.3, -0.25) is 0 Å². The van der Waals surface area contributed by atoms with Crippen molar-refractivity contribution in [3.8, 4) is 5.75 Å². The van der Waals surface area contributed by atoms with Gasteiger partial charge >= 0.3 is 0 Å². The summed E-state index contributed by atoms with van der Waals surface area (Å²) in [5, 5.41) is 9.13. The number of hydrogen-bond donors (Lipinski definition) is 2. The molecule has 0 heterocycles. The molecule has 1 aromatic carbocycles.